The van der Waals surface area contributed by atoms with Gasteiger partial charge in [-0.1, -0.05) is 11.8 Å². The van der Waals surface area contributed by atoms with Gasteiger partial charge in [0.25, 0.3) is 0 Å². The van der Waals surface area contributed by atoms with E-state index in [1.54, 1.807) is 14.0 Å². The van der Waals surface area contributed by atoms with Crippen LogP contribution < -0.4 is 9.47 Å². The number of nitrogens with zero attached hydrogens (tertiary/aromatic N) is 3. The molecule has 7 nitrogen and oxygen atoms in total. The number of hydrogen-bond acceptors (Lipinski definition) is 7. The first-order valence-electron chi connectivity index (χ1n) is 9.15. The Morgan fingerprint density at radius 2 is 1.69 bits per heavy atom. The van der Waals surface area contributed by atoms with Crippen LogP contribution in [0.15, 0.2) is 53.7 Å². The van der Waals surface area contributed by atoms with E-state index in [0.717, 1.165) is 22.7 Å². The summed E-state index contributed by atoms with van der Waals surface area (Å²) in [5.74, 6) is 1.89. The third-order valence-electron chi connectivity index (χ3n) is 4.20. The standard InChI is InChI=1S/C21H23N3O4S/c1-5-28-18-12-8-16(9-13-18)24-19(15-6-10-17(26-3)11-7-15)22-23-21(24)29-14(2)20(25)27-4/h6-14H,5H2,1-4H3/t14-/m1/s1. The zero-order chi connectivity index (χ0) is 20.8. The predicted octanol–water partition coefficient (Wildman–Crippen LogP) is 4.00. The van der Waals surface area contributed by atoms with Gasteiger partial charge in [-0.05, 0) is 62.4 Å². The molecule has 0 saturated carbocycles. The van der Waals surface area contributed by atoms with Crippen LogP contribution in [-0.2, 0) is 9.53 Å². The summed E-state index contributed by atoms with van der Waals surface area (Å²) >= 11 is 1.29. The molecule has 1 heterocycles. The molecule has 1 aromatic heterocycles. The summed E-state index contributed by atoms with van der Waals surface area (Å²) in [5, 5.41) is 8.89. The Bertz CT molecular complexity index is 955. The third kappa shape index (κ3) is 4.71. The zero-order valence-electron chi connectivity index (χ0n) is 16.8. The van der Waals surface area contributed by atoms with Gasteiger partial charge in [0.1, 0.15) is 16.7 Å². The molecule has 2 aromatic carbocycles. The van der Waals surface area contributed by atoms with E-state index in [0.29, 0.717) is 17.6 Å². The SMILES string of the molecule is CCOc1ccc(-n2c(S[C@H](C)C(=O)OC)nnc2-c2ccc(OC)cc2)cc1. The Kier molecular flexibility index (Phi) is 6.77. The summed E-state index contributed by atoms with van der Waals surface area (Å²) in [6.45, 7) is 4.32. The lowest BCUT2D eigenvalue weighted by Crippen LogP contribution is -2.15. The summed E-state index contributed by atoms with van der Waals surface area (Å²) < 4.78 is 17.5. The topological polar surface area (TPSA) is 75.5 Å². The number of methoxy groups -OCH3 is 2. The minimum atomic E-state index is -0.422. The number of carbonyl (C=O) groups excluding carboxylic acids is 1. The summed E-state index contributed by atoms with van der Waals surface area (Å²) in [4.78, 5) is 11.9. The summed E-state index contributed by atoms with van der Waals surface area (Å²) in [6, 6.07) is 15.3. The number of aromatic nitrogens is 3. The molecule has 0 aliphatic heterocycles. The maximum absolute atomic E-state index is 11.9. The second-order valence-corrected chi connectivity index (χ2v) is 7.39. The summed E-state index contributed by atoms with van der Waals surface area (Å²) in [5.41, 5.74) is 1.74. The highest BCUT2D eigenvalue weighted by atomic mass is 32.2. The molecule has 8 heteroatoms. The zero-order valence-corrected chi connectivity index (χ0v) is 17.6. The lowest BCUT2D eigenvalue weighted by molar-refractivity contribution is -0.139. The molecule has 1 atom stereocenters. The van der Waals surface area contributed by atoms with E-state index in [1.165, 1.54) is 18.9 Å². The molecule has 0 aliphatic carbocycles. The van der Waals surface area contributed by atoms with Crippen molar-refractivity contribution in [1.29, 1.82) is 0 Å². The molecular weight excluding hydrogens is 390 g/mol. The van der Waals surface area contributed by atoms with Gasteiger partial charge in [0.2, 0.25) is 0 Å². The Morgan fingerprint density at radius 1 is 1.03 bits per heavy atom. The fourth-order valence-corrected chi connectivity index (χ4v) is 3.63. The number of thioether (sulfide) groups is 1. The van der Waals surface area contributed by atoms with Crippen LogP contribution in [0.3, 0.4) is 0 Å². The molecule has 0 radical (unpaired) electrons. The first kappa shape index (κ1) is 20.7. The van der Waals surface area contributed by atoms with Crippen LogP contribution in [-0.4, -0.2) is 46.8 Å². The van der Waals surface area contributed by atoms with Gasteiger partial charge in [0.15, 0.2) is 11.0 Å². The fraction of sp³-hybridized carbons (Fsp3) is 0.286. The van der Waals surface area contributed by atoms with Gasteiger partial charge in [0, 0.05) is 11.3 Å². The molecule has 0 saturated heterocycles. The van der Waals surface area contributed by atoms with Crippen molar-refractivity contribution in [3.05, 3.63) is 48.5 Å². The highest BCUT2D eigenvalue weighted by Gasteiger charge is 2.22. The molecule has 0 amide bonds. The Morgan fingerprint density at radius 3 is 2.28 bits per heavy atom. The minimum Gasteiger partial charge on any atom is -0.497 e. The maximum Gasteiger partial charge on any atom is 0.318 e. The average Bonchev–Trinajstić information content (AvgIpc) is 3.17. The van der Waals surface area contributed by atoms with E-state index < -0.39 is 5.25 Å². The van der Waals surface area contributed by atoms with Crippen molar-refractivity contribution >= 4 is 17.7 Å². The molecule has 0 N–H and O–H groups in total. The summed E-state index contributed by atoms with van der Waals surface area (Å²) in [6.07, 6.45) is 0. The van der Waals surface area contributed by atoms with Crippen molar-refractivity contribution in [2.24, 2.45) is 0 Å². The van der Waals surface area contributed by atoms with Gasteiger partial charge in [0.05, 0.1) is 20.8 Å². The predicted molar refractivity (Wildman–Crippen MR) is 112 cm³/mol. The minimum absolute atomic E-state index is 0.317. The molecule has 3 aromatic rings. The molecule has 0 aliphatic rings. The monoisotopic (exact) mass is 413 g/mol. The van der Waals surface area contributed by atoms with Crippen LogP contribution in [0, 0.1) is 0 Å². The van der Waals surface area contributed by atoms with Gasteiger partial charge < -0.3 is 14.2 Å². The molecule has 0 spiro atoms. The molecule has 3 rings (SSSR count). The number of carbonyl (C=O) groups is 1. The second kappa shape index (κ2) is 9.47. The average molecular weight is 413 g/mol. The lowest BCUT2D eigenvalue weighted by Gasteiger charge is -2.13. The van der Waals surface area contributed by atoms with Crippen molar-refractivity contribution in [3.8, 4) is 28.6 Å². The molecule has 152 valence electrons. The van der Waals surface area contributed by atoms with Crippen molar-refractivity contribution in [1.82, 2.24) is 14.8 Å². The Labute approximate surface area is 174 Å². The quantitative estimate of drug-likeness (QED) is 0.408. The van der Waals surface area contributed by atoms with E-state index in [9.17, 15) is 4.79 Å². The number of ether oxygens (including phenoxy) is 3. The van der Waals surface area contributed by atoms with Crippen molar-refractivity contribution in [2.45, 2.75) is 24.3 Å². The first-order valence-corrected chi connectivity index (χ1v) is 10.0. The van der Waals surface area contributed by atoms with Gasteiger partial charge in [-0.2, -0.15) is 0 Å². The molecular formula is C21H23N3O4S. The van der Waals surface area contributed by atoms with Gasteiger partial charge in [-0.15, -0.1) is 10.2 Å². The molecule has 29 heavy (non-hydrogen) atoms. The number of esters is 1. The third-order valence-corrected chi connectivity index (χ3v) is 5.22. The van der Waals surface area contributed by atoms with Crippen LogP contribution in [0.4, 0.5) is 0 Å². The van der Waals surface area contributed by atoms with Gasteiger partial charge in [-0.25, -0.2) is 0 Å². The van der Waals surface area contributed by atoms with Crippen molar-refractivity contribution in [3.63, 3.8) is 0 Å². The first-order chi connectivity index (χ1) is 14.1. The number of hydrogen-bond donors (Lipinski definition) is 0. The molecule has 0 unspecified atom stereocenters. The van der Waals surface area contributed by atoms with Crippen LogP contribution >= 0.6 is 11.8 Å². The second-order valence-electron chi connectivity index (χ2n) is 6.08. The van der Waals surface area contributed by atoms with E-state index in [-0.39, 0.29) is 5.97 Å². The van der Waals surface area contributed by atoms with Gasteiger partial charge in [-0.3, -0.25) is 9.36 Å². The van der Waals surface area contributed by atoms with Crippen molar-refractivity contribution in [2.75, 3.05) is 20.8 Å². The highest BCUT2D eigenvalue weighted by Crippen LogP contribution is 2.31. The van der Waals surface area contributed by atoms with E-state index >= 15 is 0 Å². The highest BCUT2D eigenvalue weighted by molar-refractivity contribution is 8.00. The van der Waals surface area contributed by atoms with E-state index in [1.807, 2.05) is 60.0 Å². The largest absolute Gasteiger partial charge is 0.497 e. The van der Waals surface area contributed by atoms with Crippen LogP contribution in [0.5, 0.6) is 11.5 Å². The number of rotatable bonds is 8. The molecule has 0 bridgehead atoms. The van der Waals surface area contributed by atoms with E-state index in [2.05, 4.69) is 10.2 Å². The lowest BCUT2D eigenvalue weighted by atomic mass is 10.2. The Balaban J connectivity index is 2.04. The van der Waals surface area contributed by atoms with Gasteiger partial charge >= 0.3 is 5.97 Å². The maximum atomic E-state index is 11.9. The van der Waals surface area contributed by atoms with E-state index in [4.69, 9.17) is 14.2 Å². The number of benzene rings is 2. The fourth-order valence-electron chi connectivity index (χ4n) is 2.74. The van der Waals surface area contributed by atoms with Crippen LogP contribution in [0.1, 0.15) is 13.8 Å². The smallest absolute Gasteiger partial charge is 0.318 e. The molecule has 0 fully saturated rings. The van der Waals surface area contributed by atoms with Crippen LogP contribution in [0.25, 0.3) is 17.1 Å². The summed E-state index contributed by atoms with van der Waals surface area (Å²) in [7, 11) is 3.00. The van der Waals surface area contributed by atoms with Crippen molar-refractivity contribution < 1.29 is 19.0 Å². The normalized spacial score (nSPS) is 11.7. The Hall–Kier alpha value is -3.00. The van der Waals surface area contributed by atoms with Crippen LogP contribution in [0.2, 0.25) is 0 Å².